The van der Waals surface area contributed by atoms with Gasteiger partial charge in [0.1, 0.15) is 12.6 Å². The fraction of sp³-hybridized carbons (Fsp3) is 0.462. The van der Waals surface area contributed by atoms with E-state index in [1.165, 1.54) is 4.90 Å². The number of para-hydroxylation sites is 1. The quantitative estimate of drug-likeness (QED) is 0.397. The molecule has 0 fully saturated rings. The van der Waals surface area contributed by atoms with Crippen molar-refractivity contribution < 1.29 is 18.0 Å². The van der Waals surface area contributed by atoms with Gasteiger partial charge in [0.05, 0.1) is 11.9 Å². The Kier molecular flexibility index (Phi) is 11.1. The Hall–Kier alpha value is -2.29. The van der Waals surface area contributed by atoms with Gasteiger partial charge in [-0.05, 0) is 55.5 Å². The van der Waals surface area contributed by atoms with E-state index in [-0.39, 0.29) is 18.5 Å². The van der Waals surface area contributed by atoms with Gasteiger partial charge in [0.15, 0.2) is 0 Å². The highest BCUT2D eigenvalue weighted by molar-refractivity contribution is 7.92. The zero-order valence-electron chi connectivity index (χ0n) is 21.4. The lowest BCUT2D eigenvalue weighted by Crippen LogP contribution is -2.53. The minimum Gasteiger partial charge on any atom is -0.352 e. The molecule has 0 aliphatic carbocycles. The standard InChI is InChI=1S/C26H35Cl2N3O4S/c1-6-18(4)29-26(33)23(8-3)30(16-20-13-14-21(27)15-22(20)28)25(32)17-31(36(5,34)35)24-12-10-9-11-19(24)7-2/h9-15,18,23H,6-8,16-17H2,1-5H3,(H,29,33)/t18-,23-/m1/s1. The first kappa shape index (κ1) is 29.9. The van der Waals surface area contributed by atoms with E-state index >= 15 is 0 Å². The van der Waals surface area contributed by atoms with E-state index in [0.29, 0.717) is 34.1 Å². The summed E-state index contributed by atoms with van der Waals surface area (Å²) < 4.78 is 26.7. The predicted molar refractivity (Wildman–Crippen MR) is 147 cm³/mol. The number of sulfonamides is 1. The van der Waals surface area contributed by atoms with Crippen LogP contribution in [0.5, 0.6) is 0 Å². The van der Waals surface area contributed by atoms with Crippen molar-refractivity contribution in [2.75, 3.05) is 17.1 Å². The summed E-state index contributed by atoms with van der Waals surface area (Å²) in [5, 5.41) is 3.74. The molecule has 2 aromatic carbocycles. The van der Waals surface area contributed by atoms with Crippen LogP contribution < -0.4 is 9.62 Å². The molecule has 0 saturated heterocycles. The van der Waals surface area contributed by atoms with Crippen LogP contribution in [0.4, 0.5) is 5.69 Å². The molecule has 0 bridgehead atoms. The summed E-state index contributed by atoms with van der Waals surface area (Å²) in [6.07, 6.45) is 2.73. The average molecular weight is 557 g/mol. The van der Waals surface area contributed by atoms with Crippen molar-refractivity contribution >= 4 is 50.7 Å². The van der Waals surface area contributed by atoms with E-state index < -0.39 is 28.5 Å². The van der Waals surface area contributed by atoms with Crippen LogP contribution in [0.3, 0.4) is 0 Å². The van der Waals surface area contributed by atoms with Gasteiger partial charge < -0.3 is 10.2 Å². The number of carbonyl (C=O) groups excluding carboxylic acids is 2. The summed E-state index contributed by atoms with van der Waals surface area (Å²) in [7, 11) is -3.80. The zero-order chi connectivity index (χ0) is 27.0. The molecule has 0 unspecified atom stereocenters. The lowest BCUT2D eigenvalue weighted by molar-refractivity contribution is -0.140. The normalized spacial score (nSPS) is 13.1. The number of carbonyl (C=O) groups is 2. The largest absolute Gasteiger partial charge is 0.352 e. The van der Waals surface area contributed by atoms with Crippen molar-refractivity contribution in [3.8, 4) is 0 Å². The minimum absolute atomic E-state index is 0.0221. The maximum absolute atomic E-state index is 13.8. The van der Waals surface area contributed by atoms with E-state index in [1.54, 1.807) is 30.3 Å². The molecule has 10 heteroatoms. The minimum atomic E-state index is -3.80. The molecular formula is C26H35Cl2N3O4S. The Balaban J connectivity index is 2.51. The Bertz CT molecular complexity index is 1170. The van der Waals surface area contributed by atoms with Crippen LogP contribution in [0.25, 0.3) is 0 Å². The summed E-state index contributed by atoms with van der Waals surface area (Å²) >= 11 is 12.4. The van der Waals surface area contributed by atoms with Crippen molar-refractivity contribution in [1.82, 2.24) is 10.2 Å². The monoisotopic (exact) mass is 555 g/mol. The number of benzene rings is 2. The first-order chi connectivity index (χ1) is 16.9. The third-order valence-corrected chi connectivity index (χ3v) is 7.78. The van der Waals surface area contributed by atoms with Crippen LogP contribution in [0.2, 0.25) is 10.0 Å². The highest BCUT2D eigenvalue weighted by Gasteiger charge is 2.32. The predicted octanol–water partition coefficient (Wildman–Crippen LogP) is 5.04. The fourth-order valence-corrected chi connectivity index (χ4v) is 5.19. The van der Waals surface area contributed by atoms with Crippen LogP contribution in [0.1, 0.15) is 51.7 Å². The van der Waals surface area contributed by atoms with Gasteiger partial charge in [-0.15, -0.1) is 0 Å². The molecule has 7 nitrogen and oxygen atoms in total. The number of nitrogens with one attached hydrogen (secondary N) is 1. The summed E-state index contributed by atoms with van der Waals surface area (Å²) in [5.41, 5.74) is 1.84. The summed E-state index contributed by atoms with van der Waals surface area (Å²) in [4.78, 5) is 28.4. The molecular weight excluding hydrogens is 521 g/mol. The molecule has 2 amide bonds. The Morgan fingerprint density at radius 1 is 1.00 bits per heavy atom. The first-order valence-corrected chi connectivity index (χ1v) is 14.6. The lowest BCUT2D eigenvalue weighted by Gasteiger charge is -2.34. The molecule has 0 radical (unpaired) electrons. The summed E-state index contributed by atoms with van der Waals surface area (Å²) in [6, 6.07) is 11.1. The molecule has 198 valence electrons. The number of nitrogens with zero attached hydrogens (tertiary/aromatic N) is 2. The number of hydrogen-bond donors (Lipinski definition) is 1. The van der Waals surface area contributed by atoms with Gasteiger partial charge in [-0.2, -0.15) is 0 Å². The van der Waals surface area contributed by atoms with Crippen molar-refractivity contribution in [2.45, 2.75) is 65.6 Å². The van der Waals surface area contributed by atoms with E-state index in [2.05, 4.69) is 5.32 Å². The van der Waals surface area contributed by atoms with Crippen molar-refractivity contribution in [1.29, 1.82) is 0 Å². The molecule has 2 rings (SSSR count). The molecule has 2 aromatic rings. The number of anilines is 1. The molecule has 0 aliphatic heterocycles. The van der Waals surface area contributed by atoms with Crippen LogP contribution in [-0.2, 0) is 32.6 Å². The van der Waals surface area contributed by atoms with Gasteiger partial charge in [0.2, 0.25) is 21.8 Å². The molecule has 0 spiro atoms. The van der Waals surface area contributed by atoms with Crippen molar-refractivity contribution in [3.05, 3.63) is 63.6 Å². The number of halogens is 2. The summed E-state index contributed by atoms with van der Waals surface area (Å²) in [5.74, 6) is -0.811. The topological polar surface area (TPSA) is 86.8 Å². The molecule has 2 atom stereocenters. The van der Waals surface area contributed by atoms with Gasteiger partial charge >= 0.3 is 0 Å². The fourth-order valence-electron chi connectivity index (χ4n) is 3.84. The molecule has 0 aliphatic rings. The van der Waals surface area contributed by atoms with Crippen LogP contribution >= 0.6 is 23.2 Å². The Morgan fingerprint density at radius 2 is 1.67 bits per heavy atom. The SMILES string of the molecule is CCc1ccccc1N(CC(=O)N(Cc1ccc(Cl)cc1Cl)[C@H](CC)C(=O)N[C@H](C)CC)S(C)(=O)=O. The third-order valence-electron chi connectivity index (χ3n) is 6.06. The van der Waals surface area contributed by atoms with E-state index in [9.17, 15) is 18.0 Å². The second kappa shape index (κ2) is 13.3. The molecule has 0 saturated carbocycles. The second-order valence-electron chi connectivity index (χ2n) is 8.75. The third kappa shape index (κ3) is 7.85. The first-order valence-electron chi connectivity index (χ1n) is 12.0. The number of amides is 2. The van der Waals surface area contributed by atoms with E-state index in [4.69, 9.17) is 23.2 Å². The zero-order valence-corrected chi connectivity index (χ0v) is 23.8. The Labute approximate surface area is 224 Å². The van der Waals surface area contributed by atoms with Gasteiger partial charge in [-0.1, -0.05) is 68.2 Å². The molecule has 36 heavy (non-hydrogen) atoms. The van der Waals surface area contributed by atoms with Crippen LogP contribution in [0.15, 0.2) is 42.5 Å². The molecule has 1 N–H and O–H groups in total. The number of aryl methyl sites for hydroxylation is 1. The smallest absolute Gasteiger partial charge is 0.244 e. The number of hydrogen-bond acceptors (Lipinski definition) is 4. The lowest BCUT2D eigenvalue weighted by atomic mass is 10.1. The maximum Gasteiger partial charge on any atom is 0.244 e. The second-order valence-corrected chi connectivity index (χ2v) is 11.5. The highest BCUT2D eigenvalue weighted by atomic mass is 35.5. The van der Waals surface area contributed by atoms with Gasteiger partial charge in [-0.3, -0.25) is 13.9 Å². The average Bonchev–Trinajstić information content (AvgIpc) is 2.82. The van der Waals surface area contributed by atoms with Gasteiger partial charge in [0.25, 0.3) is 0 Å². The van der Waals surface area contributed by atoms with Crippen molar-refractivity contribution in [2.24, 2.45) is 0 Å². The van der Waals surface area contributed by atoms with Gasteiger partial charge in [0, 0.05) is 22.6 Å². The van der Waals surface area contributed by atoms with Gasteiger partial charge in [-0.25, -0.2) is 8.42 Å². The molecule has 0 aromatic heterocycles. The van der Waals surface area contributed by atoms with Crippen molar-refractivity contribution in [3.63, 3.8) is 0 Å². The maximum atomic E-state index is 13.8. The highest BCUT2D eigenvalue weighted by Crippen LogP contribution is 2.26. The van der Waals surface area contributed by atoms with Crippen LogP contribution in [0, 0.1) is 0 Å². The number of rotatable bonds is 12. The Morgan fingerprint density at radius 3 is 2.22 bits per heavy atom. The molecule has 0 heterocycles. The van der Waals surface area contributed by atoms with Crippen LogP contribution in [-0.4, -0.2) is 50.0 Å². The van der Waals surface area contributed by atoms with E-state index in [0.717, 1.165) is 22.5 Å². The van der Waals surface area contributed by atoms with E-state index in [1.807, 2.05) is 39.8 Å². The summed E-state index contributed by atoms with van der Waals surface area (Å²) in [6.45, 7) is 7.15.